The second-order valence-electron chi connectivity index (χ2n) is 5.64. The number of phenols is 1. The van der Waals surface area contributed by atoms with Crippen molar-refractivity contribution >= 4 is 17.5 Å². The van der Waals surface area contributed by atoms with Crippen LogP contribution in [-0.2, 0) is 4.74 Å². The van der Waals surface area contributed by atoms with E-state index in [1.165, 1.54) is 11.0 Å². The van der Waals surface area contributed by atoms with Crippen LogP contribution in [0.3, 0.4) is 0 Å². The van der Waals surface area contributed by atoms with Gasteiger partial charge in [-0.3, -0.25) is 9.59 Å². The van der Waals surface area contributed by atoms with E-state index in [0.29, 0.717) is 30.2 Å². The number of benzene rings is 2. The Balaban J connectivity index is 1.91. The van der Waals surface area contributed by atoms with Crippen LogP contribution in [0.15, 0.2) is 36.4 Å². The number of nitrogens with one attached hydrogen (secondary N) is 1. The zero-order valence-electron chi connectivity index (χ0n) is 13.9. The normalized spacial score (nSPS) is 12.3. The summed E-state index contributed by atoms with van der Waals surface area (Å²) in [4.78, 5) is 26.4. The van der Waals surface area contributed by atoms with Gasteiger partial charge in [0.25, 0.3) is 11.8 Å². The molecule has 0 fully saturated rings. The van der Waals surface area contributed by atoms with Gasteiger partial charge in [-0.15, -0.1) is 0 Å². The van der Waals surface area contributed by atoms with Crippen LogP contribution in [0, 0.1) is 0 Å². The number of hydrogen-bond donors (Lipinski definition) is 2. The second kappa shape index (κ2) is 6.82. The third kappa shape index (κ3) is 3.27. The first kappa shape index (κ1) is 16.8. The number of amides is 2. The molecule has 0 unspecified atom stereocenters. The maximum atomic E-state index is 12.5. The SMILES string of the molecule is COCCN(C)C(=O)c1ccc2c(c1)NC(=O)c1c(O)cccc1O2. The van der Waals surface area contributed by atoms with Crippen molar-refractivity contribution in [3.63, 3.8) is 0 Å². The summed E-state index contributed by atoms with van der Waals surface area (Å²) < 4.78 is 10.7. The molecule has 0 radical (unpaired) electrons. The van der Waals surface area contributed by atoms with Crippen LogP contribution in [-0.4, -0.2) is 49.1 Å². The Morgan fingerprint density at radius 3 is 2.84 bits per heavy atom. The number of likely N-dealkylation sites (N-methyl/N-ethyl adjacent to an activating group) is 1. The number of ether oxygens (including phenoxy) is 2. The van der Waals surface area contributed by atoms with Gasteiger partial charge < -0.3 is 24.8 Å². The van der Waals surface area contributed by atoms with E-state index in [0.717, 1.165) is 0 Å². The van der Waals surface area contributed by atoms with Gasteiger partial charge in [0.15, 0.2) is 5.75 Å². The van der Waals surface area contributed by atoms with Gasteiger partial charge in [-0.25, -0.2) is 0 Å². The Bertz CT molecular complexity index is 834. The van der Waals surface area contributed by atoms with Crippen LogP contribution >= 0.6 is 0 Å². The molecule has 0 aliphatic carbocycles. The minimum absolute atomic E-state index is 0.0591. The van der Waals surface area contributed by atoms with E-state index < -0.39 is 5.91 Å². The smallest absolute Gasteiger partial charge is 0.263 e. The van der Waals surface area contributed by atoms with Crippen molar-refractivity contribution in [2.45, 2.75) is 0 Å². The zero-order chi connectivity index (χ0) is 18.0. The lowest BCUT2D eigenvalue weighted by Crippen LogP contribution is -2.30. The molecule has 130 valence electrons. The predicted molar refractivity (Wildman–Crippen MR) is 91.4 cm³/mol. The summed E-state index contributed by atoms with van der Waals surface area (Å²) in [6, 6.07) is 9.41. The number of aromatic hydroxyl groups is 1. The molecule has 2 N–H and O–H groups in total. The number of carbonyl (C=O) groups is 2. The molecule has 0 saturated carbocycles. The summed E-state index contributed by atoms with van der Waals surface area (Å²) in [7, 11) is 3.25. The summed E-state index contributed by atoms with van der Waals surface area (Å²) in [5.74, 6) is -0.206. The zero-order valence-corrected chi connectivity index (χ0v) is 13.9. The van der Waals surface area contributed by atoms with Crippen LogP contribution in [0.4, 0.5) is 5.69 Å². The highest BCUT2D eigenvalue weighted by Crippen LogP contribution is 2.39. The maximum Gasteiger partial charge on any atom is 0.263 e. The molecule has 0 bridgehead atoms. The first-order valence-corrected chi connectivity index (χ1v) is 7.71. The van der Waals surface area contributed by atoms with Crippen molar-refractivity contribution < 1.29 is 24.2 Å². The van der Waals surface area contributed by atoms with Gasteiger partial charge in [0.2, 0.25) is 0 Å². The van der Waals surface area contributed by atoms with E-state index in [1.807, 2.05) is 0 Å². The molecule has 0 saturated heterocycles. The molecule has 1 aliphatic rings. The fourth-order valence-electron chi connectivity index (χ4n) is 2.54. The molecule has 7 heteroatoms. The van der Waals surface area contributed by atoms with Gasteiger partial charge >= 0.3 is 0 Å². The Hall–Kier alpha value is -3.06. The molecule has 25 heavy (non-hydrogen) atoms. The fraction of sp³-hybridized carbons (Fsp3) is 0.222. The Labute approximate surface area is 144 Å². The van der Waals surface area contributed by atoms with Crippen molar-refractivity contribution in [2.75, 3.05) is 32.6 Å². The highest BCUT2D eigenvalue weighted by molar-refractivity contribution is 6.10. The van der Waals surface area contributed by atoms with E-state index in [-0.39, 0.29) is 23.0 Å². The molecule has 2 aromatic carbocycles. The number of phenolic OH excluding ortho intramolecular Hbond substituents is 1. The first-order valence-electron chi connectivity index (χ1n) is 7.71. The quantitative estimate of drug-likeness (QED) is 0.891. The lowest BCUT2D eigenvalue weighted by molar-refractivity contribution is 0.0744. The van der Waals surface area contributed by atoms with Crippen molar-refractivity contribution in [3.8, 4) is 17.2 Å². The summed E-state index contributed by atoms with van der Waals surface area (Å²) in [5, 5.41) is 12.6. The lowest BCUT2D eigenvalue weighted by atomic mass is 10.1. The Morgan fingerprint density at radius 1 is 1.28 bits per heavy atom. The average Bonchev–Trinajstić information content (AvgIpc) is 2.74. The molecule has 1 aliphatic heterocycles. The lowest BCUT2D eigenvalue weighted by Gasteiger charge is -2.17. The molecule has 7 nitrogen and oxygen atoms in total. The maximum absolute atomic E-state index is 12.5. The average molecular weight is 342 g/mol. The highest BCUT2D eigenvalue weighted by Gasteiger charge is 2.25. The largest absolute Gasteiger partial charge is 0.507 e. The van der Waals surface area contributed by atoms with Gasteiger partial charge in [-0.05, 0) is 30.3 Å². The molecule has 0 atom stereocenters. The van der Waals surface area contributed by atoms with Gasteiger partial charge in [-0.1, -0.05) is 6.07 Å². The Morgan fingerprint density at radius 2 is 2.08 bits per heavy atom. The summed E-state index contributed by atoms with van der Waals surface area (Å²) in [6.45, 7) is 0.885. The number of hydrogen-bond acceptors (Lipinski definition) is 5. The molecule has 2 amide bonds. The number of anilines is 1. The number of carbonyl (C=O) groups excluding carboxylic acids is 2. The number of nitrogens with zero attached hydrogens (tertiary/aromatic N) is 1. The van der Waals surface area contributed by atoms with Crippen LogP contribution in [0.1, 0.15) is 20.7 Å². The number of rotatable bonds is 4. The summed E-state index contributed by atoms with van der Waals surface area (Å²) in [6.07, 6.45) is 0. The molecule has 0 spiro atoms. The minimum Gasteiger partial charge on any atom is -0.507 e. The Kier molecular flexibility index (Phi) is 4.58. The topological polar surface area (TPSA) is 88.1 Å². The van der Waals surface area contributed by atoms with E-state index in [1.54, 1.807) is 44.5 Å². The predicted octanol–water partition coefficient (Wildman–Crippen LogP) is 2.47. The number of fused-ring (bicyclic) bond motifs is 2. The van der Waals surface area contributed by atoms with Crippen molar-refractivity contribution in [1.82, 2.24) is 4.90 Å². The summed E-state index contributed by atoms with van der Waals surface area (Å²) >= 11 is 0. The standard InChI is InChI=1S/C18H18N2O5/c1-20(8-9-24-2)18(23)11-6-7-14-12(10-11)19-17(22)16-13(21)4-3-5-15(16)25-14/h3-7,10,21H,8-9H2,1-2H3,(H,19,22). The van der Waals surface area contributed by atoms with Gasteiger partial charge in [0.1, 0.15) is 17.1 Å². The minimum atomic E-state index is -0.496. The van der Waals surface area contributed by atoms with Gasteiger partial charge in [0.05, 0.1) is 12.3 Å². The van der Waals surface area contributed by atoms with Crippen molar-refractivity contribution in [2.24, 2.45) is 0 Å². The fourth-order valence-corrected chi connectivity index (χ4v) is 2.54. The van der Waals surface area contributed by atoms with Crippen LogP contribution in [0.5, 0.6) is 17.2 Å². The second-order valence-corrected chi connectivity index (χ2v) is 5.64. The van der Waals surface area contributed by atoms with E-state index in [2.05, 4.69) is 5.32 Å². The van der Waals surface area contributed by atoms with E-state index >= 15 is 0 Å². The highest BCUT2D eigenvalue weighted by atomic mass is 16.5. The molecule has 0 aromatic heterocycles. The van der Waals surface area contributed by atoms with Gasteiger partial charge in [-0.2, -0.15) is 0 Å². The first-order chi connectivity index (χ1) is 12.0. The third-order valence-electron chi connectivity index (χ3n) is 3.90. The van der Waals surface area contributed by atoms with Crippen LogP contribution < -0.4 is 10.1 Å². The van der Waals surface area contributed by atoms with Crippen LogP contribution in [0.25, 0.3) is 0 Å². The van der Waals surface area contributed by atoms with E-state index in [4.69, 9.17) is 9.47 Å². The van der Waals surface area contributed by atoms with Crippen molar-refractivity contribution in [3.05, 3.63) is 47.5 Å². The summed E-state index contributed by atoms with van der Waals surface area (Å²) in [5.41, 5.74) is 0.840. The molecule has 2 aromatic rings. The number of methoxy groups -OCH3 is 1. The monoisotopic (exact) mass is 342 g/mol. The van der Waals surface area contributed by atoms with Crippen molar-refractivity contribution in [1.29, 1.82) is 0 Å². The third-order valence-corrected chi connectivity index (χ3v) is 3.90. The molecular weight excluding hydrogens is 324 g/mol. The molecule has 1 heterocycles. The molecular formula is C18H18N2O5. The van der Waals surface area contributed by atoms with Crippen LogP contribution in [0.2, 0.25) is 0 Å². The molecule has 3 rings (SSSR count). The van der Waals surface area contributed by atoms with Gasteiger partial charge in [0, 0.05) is 26.3 Å². The van der Waals surface area contributed by atoms with E-state index in [9.17, 15) is 14.7 Å².